The fourth-order valence-corrected chi connectivity index (χ4v) is 11.1. The van der Waals surface area contributed by atoms with Gasteiger partial charge in [0.15, 0.2) is 0 Å². The average molecular weight is 845 g/mol. The van der Waals surface area contributed by atoms with E-state index in [2.05, 4.69) is 73.0 Å². The molecule has 62 heavy (non-hydrogen) atoms. The van der Waals surface area contributed by atoms with Crippen LogP contribution < -0.4 is 25.0 Å². The van der Waals surface area contributed by atoms with Gasteiger partial charge in [-0.3, -0.25) is 29.4 Å². The fourth-order valence-electron chi connectivity index (χ4n) is 11.1. The van der Waals surface area contributed by atoms with Gasteiger partial charge in [-0.15, -0.1) is 0 Å². The van der Waals surface area contributed by atoms with E-state index in [1.54, 1.807) is 23.4 Å². The van der Waals surface area contributed by atoms with Crippen LogP contribution in [0.5, 0.6) is 11.5 Å². The molecule has 0 bridgehead atoms. The van der Waals surface area contributed by atoms with E-state index in [4.69, 9.17) is 14.5 Å². The summed E-state index contributed by atoms with van der Waals surface area (Å²) in [5, 5.41) is 15.1. The van der Waals surface area contributed by atoms with Gasteiger partial charge in [-0.2, -0.15) is 5.26 Å². The first-order valence-corrected chi connectivity index (χ1v) is 22.2. The highest BCUT2D eigenvalue weighted by Crippen LogP contribution is 2.55. The van der Waals surface area contributed by atoms with Crippen molar-refractivity contribution in [2.75, 3.05) is 24.5 Å². The van der Waals surface area contributed by atoms with Crippen LogP contribution in [0.3, 0.4) is 0 Å². The number of fused-ring (bicyclic) bond motifs is 1. The van der Waals surface area contributed by atoms with Gasteiger partial charge in [0.2, 0.25) is 11.8 Å². The molecule has 0 spiro atoms. The maximum Gasteiger partial charge on any atom is 0.271 e. The number of nitriles is 1. The van der Waals surface area contributed by atoms with Crippen molar-refractivity contribution in [1.29, 1.82) is 5.26 Å². The average Bonchev–Trinajstić information content (AvgIpc) is 3.54. The maximum atomic E-state index is 13.5. The van der Waals surface area contributed by atoms with Crippen molar-refractivity contribution in [3.63, 3.8) is 0 Å². The topological polar surface area (TPSA) is 170 Å². The number of hydrogen-bond acceptors (Lipinski definition) is 11. The number of carbonyl (C=O) groups is 4. The van der Waals surface area contributed by atoms with Crippen LogP contribution in [0, 0.1) is 41.9 Å². The van der Waals surface area contributed by atoms with Crippen molar-refractivity contribution in [3.8, 4) is 17.6 Å². The van der Waals surface area contributed by atoms with Crippen molar-refractivity contribution in [3.05, 3.63) is 76.2 Å². The lowest BCUT2D eigenvalue weighted by molar-refractivity contribution is -0.164. The summed E-state index contributed by atoms with van der Waals surface area (Å²) in [6, 6.07) is 11.7. The second-order valence-electron chi connectivity index (χ2n) is 19.7. The number of amides is 4. The Morgan fingerprint density at radius 2 is 1.66 bits per heavy atom. The molecule has 1 atom stereocenters. The molecule has 2 aliphatic carbocycles. The van der Waals surface area contributed by atoms with Crippen molar-refractivity contribution < 1.29 is 28.7 Å². The Morgan fingerprint density at radius 1 is 0.968 bits per heavy atom. The summed E-state index contributed by atoms with van der Waals surface area (Å²) >= 11 is 0. The van der Waals surface area contributed by atoms with Crippen molar-refractivity contribution in [1.82, 2.24) is 30.4 Å². The van der Waals surface area contributed by atoms with E-state index < -0.39 is 11.9 Å². The van der Waals surface area contributed by atoms with Crippen LogP contribution in [0.2, 0.25) is 0 Å². The molecule has 2 aromatic carbocycles. The molecule has 14 nitrogen and oxygen atoms in total. The molecule has 3 aliphatic heterocycles. The maximum absolute atomic E-state index is 13.5. The monoisotopic (exact) mass is 844 g/mol. The van der Waals surface area contributed by atoms with Crippen LogP contribution >= 0.6 is 0 Å². The lowest BCUT2D eigenvalue weighted by Gasteiger charge is -2.63. The SMILES string of the molecule is Cc1cc(OC2C(C)(C)C(NC(=O)c3cnc(N4CCC(CN(C(C)C)C5CC(Oc6ccc7c(c6)CN(C6CCC(=O)NC6=O)C7=O)C5)CC4)cn3)C2(C)C)cc(C)c1C#N. The first-order chi connectivity index (χ1) is 29.4. The molecular formula is C48H60N8O6. The Hall–Kier alpha value is -5.55. The summed E-state index contributed by atoms with van der Waals surface area (Å²) in [6.07, 6.45) is 7.77. The highest BCUT2D eigenvalue weighted by atomic mass is 16.5. The summed E-state index contributed by atoms with van der Waals surface area (Å²) in [7, 11) is 0. The zero-order chi connectivity index (χ0) is 44.2. The highest BCUT2D eigenvalue weighted by molar-refractivity contribution is 6.05. The summed E-state index contributed by atoms with van der Waals surface area (Å²) in [5.74, 6) is 1.67. The number of aryl methyl sites for hydroxylation is 2. The number of aromatic nitrogens is 2. The number of imide groups is 1. The minimum Gasteiger partial charge on any atom is -0.490 e. The molecule has 0 radical (unpaired) electrons. The molecule has 8 rings (SSSR count). The predicted octanol–water partition coefficient (Wildman–Crippen LogP) is 5.87. The Labute approximate surface area is 364 Å². The van der Waals surface area contributed by atoms with Crippen LogP contribution in [0.1, 0.15) is 123 Å². The molecule has 4 heterocycles. The van der Waals surface area contributed by atoms with Crippen LogP contribution in [-0.2, 0) is 16.1 Å². The quantitative estimate of drug-likeness (QED) is 0.209. The van der Waals surface area contributed by atoms with Crippen LogP contribution in [0.4, 0.5) is 5.82 Å². The van der Waals surface area contributed by atoms with Crippen molar-refractivity contribution in [2.24, 2.45) is 16.7 Å². The Morgan fingerprint density at radius 3 is 2.27 bits per heavy atom. The lowest BCUT2D eigenvalue weighted by Crippen LogP contribution is -2.74. The largest absolute Gasteiger partial charge is 0.490 e. The molecule has 14 heteroatoms. The van der Waals surface area contributed by atoms with Crippen molar-refractivity contribution >= 4 is 29.4 Å². The number of nitrogens with one attached hydrogen (secondary N) is 2. The van der Waals surface area contributed by atoms with Gasteiger partial charge in [0, 0.05) is 80.0 Å². The Bertz CT molecular complexity index is 2250. The predicted molar refractivity (Wildman–Crippen MR) is 233 cm³/mol. The molecule has 2 saturated carbocycles. The third-order valence-corrected chi connectivity index (χ3v) is 14.3. The van der Waals surface area contributed by atoms with Gasteiger partial charge in [-0.1, -0.05) is 27.7 Å². The van der Waals surface area contributed by atoms with Gasteiger partial charge in [0.05, 0.1) is 24.0 Å². The van der Waals surface area contributed by atoms with E-state index in [-0.39, 0.29) is 58.9 Å². The minimum absolute atomic E-state index is 0.0968. The number of benzene rings is 2. The van der Waals surface area contributed by atoms with Gasteiger partial charge < -0.3 is 24.6 Å². The van der Waals surface area contributed by atoms with Crippen LogP contribution in [-0.4, -0.2) is 99.4 Å². The van der Waals surface area contributed by atoms with Gasteiger partial charge in [-0.05, 0) is 99.9 Å². The van der Waals surface area contributed by atoms with Crippen LogP contribution in [0.15, 0.2) is 42.7 Å². The van der Waals surface area contributed by atoms with E-state index in [0.717, 1.165) is 79.3 Å². The summed E-state index contributed by atoms with van der Waals surface area (Å²) in [5.41, 5.74) is 3.45. The van der Waals surface area contributed by atoms with E-state index in [1.807, 2.05) is 38.1 Å². The molecule has 4 fully saturated rings. The Balaban J connectivity index is 0.790. The van der Waals surface area contributed by atoms with Gasteiger partial charge in [-0.25, -0.2) is 9.97 Å². The van der Waals surface area contributed by atoms with Gasteiger partial charge >= 0.3 is 0 Å². The summed E-state index contributed by atoms with van der Waals surface area (Å²) < 4.78 is 12.9. The van der Waals surface area contributed by atoms with Gasteiger partial charge in [0.25, 0.3) is 11.8 Å². The number of ether oxygens (including phenoxy) is 2. The van der Waals surface area contributed by atoms with E-state index in [9.17, 15) is 24.4 Å². The molecule has 5 aliphatic rings. The Kier molecular flexibility index (Phi) is 11.6. The minimum atomic E-state index is -0.633. The number of piperidine rings is 2. The molecule has 4 amide bonds. The molecular weight excluding hydrogens is 785 g/mol. The second-order valence-corrected chi connectivity index (χ2v) is 19.7. The third kappa shape index (κ3) is 8.12. The second kappa shape index (κ2) is 16.6. The number of carbonyl (C=O) groups excluding carboxylic acids is 4. The smallest absolute Gasteiger partial charge is 0.271 e. The lowest BCUT2D eigenvalue weighted by atomic mass is 9.49. The fraction of sp³-hybridized carbons (Fsp3) is 0.562. The zero-order valence-electron chi connectivity index (χ0n) is 37.3. The number of rotatable bonds is 12. The highest BCUT2D eigenvalue weighted by Gasteiger charge is 2.64. The van der Waals surface area contributed by atoms with E-state index >= 15 is 0 Å². The normalized spacial score (nSPS) is 25.4. The number of anilines is 1. The van der Waals surface area contributed by atoms with Gasteiger partial charge in [0.1, 0.15) is 41.3 Å². The summed E-state index contributed by atoms with van der Waals surface area (Å²) in [6.45, 7) is 19.9. The summed E-state index contributed by atoms with van der Waals surface area (Å²) in [4.78, 5) is 66.4. The molecule has 1 unspecified atom stereocenters. The molecule has 3 aromatic rings. The standard InChI is InChI=1S/C48H60N8O6/c1-27(2)55(32-20-35(21-32)61-33-9-10-36-31(19-33)26-56(44(36)60)39-11-12-41(57)52-43(39)59)25-30-13-15-54(16-14-30)40-24-50-38(23-51-40)42(58)53-45-47(5,6)46(48(45,7)8)62-34-17-28(3)37(22-49)29(4)18-34/h9-10,17-19,23-24,27,30,32,35,39,45-46H,11-16,20-21,25-26H2,1-8H3,(H,53,58)(H,52,57,59). The third-order valence-electron chi connectivity index (χ3n) is 14.3. The first kappa shape index (κ1) is 43.1. The molecule has 328 valence electrons. The number of hydrogen-bond donors (Lipinski definition) is 2. The van der Waals surface area contributed by atoms with E-state index in [1.165, 1.54) is 0 Å². The molecule has 2 saturated heterocycles. The molecule has 2 N–H and O–H groups in total. The number of nitrogens with zero attached hydrogens (tertiary/aromatic N) is 6. The van der Waals surface area contributed by atoms with Crippen LogP contribution in [0.25, 0.3) is 0 Å². The van der Waals surface area contributed by atoms with Crippen molar-refractivity contribution in [2.45, 2.75) is 137 Å². The first-order valence-electron chi connectivity index (χ1n) is 22.2. The zero-order valence-corrected chi connectivity index (χ0v) is 37.3. The molecule has 1 aromatic heterocycles. The van der Waals surface area contributed by atoms with E-state index in [0.29, 0.717) is 42.1 Å².